The lowest BCUT2D eigenvalue weighted by Gasteiger charge is -2.08. The molecule has 22 heavy (non-hydrogen) atoms. The van der Waals surface area contributed by atoms with Crippen molar-refractivity contribution in [2.75, 3.05) is 12.4 Å². The molecule has 0 aliphatic rings. The van der Waals surface area contributed by atoms with Crippen LogP contribution in [0.15, 0.2) is 40.8 Å². The van der Waals surface area contributed by atoms with Crippen LogP contribution in [0.4, 0.5) is 11.4 Å². The van der Waals surface area contributed by atoms with E-state index < -0.39 is 10.8 Å². The molecule has 2 aromatic rings. The van der Waals surface area contributed by atoms with Gasteiger partial charge in [-0.15, -0.1) is 0 Å². The monoisotopic (exact) mass is 302 g/mol. The van der Waals surface area contributed by atoms with Crippen molar-refractivity contribution >= 4 is 23.4 Å². The van der Waals surface area contributed by atoms with E-state index >= 15 is 0 Å². The molecule has 0 unspecified atom stereocenters. The molecule has 0 radical (unpaired) electrons. The van der Waals surface area contributed by atoms with E-state index in [9.17, 15) is 14.9 Å². The highest BCUT2D eigenvalue weighted by molar-refractivity contribution is 6.02. The molecule has 0 fully saturated rings. The number of ether oxygens (including phenoxy) is 1. The molecule has 1 N–H and O–H groups in total. The van der Waals surface area contributed by atoms with Gasteiger partial charge in [0.2, 0.25) is 5.91 Å². The minimum atomic E-state index is -0.545. The number of benzene rings is 1. The molecule has 2 rings (SSSR count). The maximum absolute atomic E-state index is 11.9. The number of methoxy groups -OCH3 is 1. The van der Waals surface area contributed by atoms with Gasteiger partial charge in [0.15, 0.2) is 0 Å². The Morgan fingerprint density at radius 3 is 2.73 bits per heavy atom. The molecular weight excluding hydrogens is 288 g/mol. The summed E-state index contributed by atoms with van der Waals surface area (Å²) < 4.78 is 10.4. The zero-order valence-corrected chi connectivity index (χ0v) is 12.0. The summed E-state index contributed by atoms with van der Waals surface area (Å²) in [4.78, 5) is 22.1. The maximum Gasteiger partial charge on any atom is 0.271 e. The molecule has 7 nitrogen and oxygen atoms in total. The van der Waals surface area contributed by atoms with Crippen LogP contribution >= 0.6 is 0 Å². The van der Waals surface area contributed by atoms with Crippen LogP contribution in [-0.2, 0) is 4.79 Å². The average molecular weight is 302 g/mol. The molecule has 1 amide bonds. The second-order valence-electron chi connectivity index (χ2n) is 4.41. The normalized spacial score (nSPS) is 10.6. The van der Waals surface area contributed by atoms with Crippen LogP contribution in [0.25, 0.3) is 6.08 Å². The summed E-state index contributed by atoms with van der Waals surface area (Å²) >= 11 is 0. The van der Waals surface area contributed by atoms with Crippen LogP contribution in [0.1, 0.15) is 11.5 Å². The SMILES string of the molecule is COc1ccc([N+](=O)[O-])cc1NC(=O)C=Cc1ccc(C)o1. The molecule has 0 spiro atoms. The zero-order chi connectivity index (χ0) is 16.1. The van der Waals surface area contributed by atoms with Crippen molar-refractivity contribution in [3.8, 4) is 5.75 Å². The van der Waals surface area contributed by atoms with E-state index in [4.69, 9.17) is 9.15 Å². The Hall–Kier alpha value is -3.09. The molecule has 0 aliphatic carbocycles. The fourth-order valence-electron chi connectivity index (χ4n) is 1.78. The second-order valence-corrected chi connectivity index (χ2v) is 4.41. The van der Waals surface area contributed by atoms with Gasteiger partial charge in [0.05, 0.1) is 17.7 Å². The van der Waals surface area contributed by atoms with E-state index in [0.29, 0.717) is 11.5 Å². The van der Waals surface area contributed by atoms with E-state index in [2.05, 4.69) is 5.32 Å². The fourth-order valence-corrected chi connectivity index (χ4v) is 1.78. The Balaban J connectivity index is 2.15. The minimum Gasteiger partial charge on any atom is -0.495 e. The number of anilines is 1. The third kappa shape index (κ3) is 3.72. The van der Waals surface area contributed by atoms with Gasteiger partial charge in [0.25, 0.3) is 5.69 Å². The molecule has 114 valence electrons. The van der Waals surface area contributed by atoms with Gasteiger partial charge in [-0.3, -0.25) is 14.9 Å². The number of furan rings is 1. The third-order valence-corrected chi connectivity index (χ3v) is 2.81. The molecule has 0 saturated heterocycles. The Bertz CT molecular complexity index is 733. The van der Waals surface area contributed by atoms with Crippen molar-refractivity contribution in [2.24, 2.45) is 0 Å². The first-order chi connectivity index (χ1) is 10.5. The van der Waals surface area contributed by atoms with Gasteiger partial charge in [-0.2, -0.15) is 0 Å². The molecule has 0 atom stereocenters. The first kappa shape index (κ1) is 15.3. The summed E-state index contributed by atoms with van der Waals surface area (Å²) in [6, 6.07) is 7.47. The van der Waals surface area contributed by atoms with Crippen molar-refractivity contribution in [1.29, 1.82) is 0 Å². The predicted molar refractivity (Wildman–Crippen MR) is 80.8 cm³/mol. The van der Waals surface area contributed by atoms with Crippen LogP contribution in [0.5, 0.6) is 5.75 Å². The van der Waals surface area contributed by atoms with Crippen LogP contribution in [0.2, 0.25) is 0 Å². The molecule has 7 heteroatoms. The van der Waals surface area contributed by atoms with Crippen LogP contribution in [0.3, 0.4) is 0 Å². The quantitative estimate of drug-likeness (QED) is 0.520. The number of aryl methyl sites for hydroxylation is 1. The Labute approximate surface area is 126 Å². The lowest BCUT2D eigenvalue weighted by Crippen LogP contribution is -2.09. The van der Waals surface area contributed by atoms with Crippen molar-refractivity contribution in [3.05, 3.63) is 58.0 Å². The summed E-state index contributed by atoms with van der Waals surface area (Å²) in [5.74, 6) is 1.16. The van der Waals surface area contributed by atoms with Crippen molar-refractivity contribution in [2.45, 2.75) is 6.92 Å². The molecular formula is C15H14N2O5. The van der Waals surface area contributed by atoms with Gasteiger partial charge in [0, 0.05) is 18.2 Å². The van der Waals surface area contributed by atoms with Crippen LogP contribution < -0.4 is 10.1 Å². The highest BCUT2D eigenvalue weighted by Crippen LogP contribution is 2.28. The number of nitrogens with one attached hydrogen (secondary N) is 1. The summed E-state index contributed by atoms with van der Waals surface area (Å²) in [6.45, 7) is 1.80. The number of nitrogens with zero attached hydrogens (tertiary/aromatic N) is 1. The first-order valence-corrected chi connectivity index (χ1v) is 6.37. The lowest BCUT2D eigenvalue weighted by atomic mass is 10.2. The molecule has 0 saturated carbocycles. The van der Waals surface area contributed by atoms with Crippen molar-refractivity contribution in [1.82, 2.24) is 0 Å². The number of nitro groups is 1. The summed E-state index contributed by atoms with van der Waals surface area (Å²) in [5, 5.41) is 13.3. The average Bonchev–Trinajstić information content (AvgIpc) is 2.90. The Morgan fingerprint density at radius 2 is 2.14 bits per heavy atom. The zero-order valence-electron chi connectivity index (χ0n) is 12.0. The predicted octanol–water partition coefficient (Wildman–Crippen LogP) is 3.16. The highest BCUT2D eigenvalue weighted by Gasteiger charge is 2.12. The van der Waals surface area contributed by atoms with Crippen LogP contribution in [-0.4, -0.2) is 17.9 Å². The Morgan fingerprint density at radius 1 is 1.36 bits per heavy atom. The van der Waals surface area contributed by atoms with Crippen molar-refractivity contribution in [3.63, 3.8) is 0 Å². The fraction of sp³-hybridized carbons (Fsp3) is 0.133. The molecule has 0 aliphatic heterocycles. The number of carbonyl (C=O) groups excluding carboxylic acids is 1. The number of nitro benzene ring substituents is 1. The summed E-state index contributed by atoms with van der Waals surface area (Å²) in [7, 11) is 1.41. The van der Waals surface area contributed by atoms with Gasteiger partial charge in [-0.1, -0.05) is 0 Å². The van der Waals surface area contributed by atoms with E-state index in [1.807, 2.05) is 0 Å². The van der Waals surface area contributed by atoms with Gasteiger partial charge in [-0.25, -0.2) is 0 Å². The van der Waals surface area contributed by atoms with E-state index in [1.54, 1.807) is 19.1 Å². The van der Waals surface area contributed by atoms with Crippen molar-refractivity contribution < 1.29 is 18.9 Å². The van der Waals surface area contributed by atoms with E-state index in [-0.39, 0.29) is 11.4 Å². The molecule has 1 heterocycles. The second kappa shape index (κ2) is 6.57. The number of rotatable bonds is 5. The molecule has 0 bridgehead atoms. The number of amides is 1. The topological polar surface area (TPSA) is 94.6 Å². The largest absolute Gasteiger partial charge is 0.495 e. The number of hydrogen-bond acceptors (Lipinski definition) is 5. The van der Waals surface area contributed by atoms with Gasteiger partial charge < -0.3 is 14.5 Å². The molecule has 1 aromatic heterocycles. The first-order valence-electron chi connectivity index (χ1n) is 6.37. The number of hydrogen-bond donors (Lipinski definition) is 1. The van der Waals surface area contributed by atoms with E-state index in [1.165, 1.54) is 37.5 Å². The highest BCUT2D eigenvalue weighted by atomic mass is 16.6. The van der Waals surface area contributed by atoms with Gasteiger partial charge in [-0.05, 0) is 31.2 Å². The summed E-state index contributed by atoms with van der Waals surface area (Å²) in [5.41, 5.74) is 0.0868. The smallest absolute Gasteiger partial charge is 0.271 e. The van der Waals surface area contributed by atoms with Gasteiger partial charge >= 0.3 is 0 Å². The number of non-ortho nitro benzene ring substituents is 1. The standard InChI is InChI=1S/C15H14N2O5/c1-10-3-5-12(22-10)6-8-15(18)16-13-9-11(17(19)20)4-7-14(13)21-2/h3-9H,1-2H3,(H,16,18). The summed E-state index contributed by atoms with van der Waals surface area (Å²) in [6.07, 6.45) is 2.78. The third-order valence-electron chi connectivity index (χ3n) is 2.81. The Kier molecular flexibility index (Phi) is 4.57. The van der Waals surface area contributed by atoms with E-state index in [0.717, 1.165) is 5.76 Å². The lowest BCUT2D eigenvalue weighted by molar-refractivity contribution is -0.384. The minimum absolute atomic E-state index is 0.137. The molecule has 1 aromatic carbocycles. The van der Waals surface area contributed by atoms with Crippen LogP contribution in [0, 0.1) is 17.0 Å². The number of carbonyl (C=O) groups is 1. The maximum atomic E-state index is 11.9. The van der Waals surface area contributed by atoms with Gasteiger partial charge in [0.1, 0.15) is 17.3 Å².